The van der Waals surface area contributed by atoms with Crippen LogP contribution in [0.25, 0.3) is 0 Å². The number of alkyl halides is 2. The predicted octanol–water partition coefficient (Wildman–Crippen LogP) is 2.80. The molecule has 0 aliphatic heterocycles. The molecule has 0 radical (unpaired) electrons. The number of carbonyl (C=O) groups is 1. The molecule has 2 unspecified atom stereocenters. The summed E-state index contributed by atoms with van der Waals surface area (Å²) >= 11 is 11.9. The topological polar surface area (TPSA) is 17.1 Å². The minimum absolute atomic E-state index is 0.0980. The Morgan fingerprint density at radius 3 is 1.91 bits per heavy atom. The van der Waals surface area contributed by atoms with E-state index < -0.39 is 9.75 Å². The first-order valence-corrected chi connectivity index (χ1v) is 4.55. The van der Waals surface area contributed by atoms with E-state index in [1.807, 2.05) is 13.8 Å². The van der Waals surface area contributed by atoms with Crippen molar-refractivity contribution in [2.45, 2.75) is 31.5 Å². The lowest BCUT2D eigenvalue weighted by atomic mass is 9.96. The SMILES string of the molecule is CCC1(C(C)=O)C(C)C1(Cl)Cl. The summed E-state index contributed by atoms with van der Waals surface area (Å²) in [6.07, 6.45) is 0.733. The van der Waals surface area contributed by atoms with Gasteiger partial charge in [0.2, 0.25) is 0 Å². The van der Waals surface area contributed by atoms with Gasteiger partial charge in [0.25, 0.3) is 0 Å². The lowest BCUT2D eigenvalue weighted by Gasteiger charge is -2.10. The highest BCUT2D eigenvalue weighted by atomic mass is 35.5. The Morgan fingerprint density at radius 2 is 1.91 bits per heavy atom. The fraction of sp³-hybridized carbons (Fsp3) is 0.875. The van der Waals surface area contributed by atoms with Crippen LogP contribution in [0.2, 0.25) is 0 Å². The van der Waals surface area contributed by atoms with E-state index in [-0.39, 0.29) is 11.7 Å². The van der Waals surface area contributed by atoms with Gasteiger partial charge in [-0.05, 0) is 13.3 Å². The minimum Gasteiger partial charge on any atom is -0.299 e. The van der Waals surface area contributed by atoms with Crippen LogP contribution in [0.4, 0.5) is 0 Å². The summed E-state index contributed by atoms with van der Waals surface area (Å²) in [6, 6.07) is 0. The molecule has 0 aromatic carbocycles. The van der Waals surface area contributed by atoms with Crippen molar-refractivity contribution in [3.63, 3.8) is 0 Å². The van der Waals surface area contributed by atoms with Crippen LogP contribution in [0.1, 0.15) is 27.2 Å². The van der Waals surface area contributed by atoms with Crippen LogP contribution in [0.3, 0.4) is 0 Å². The number of halogens is 2. The molecule has 2 atom stereocenters. The third-order valence-electron chi connectivity index (χ3n) is 2.98. The molecule has 1 nitrogen and oxygen atoms in total. The van der Waals surface area contributed by atoms with Gasteiger partial charge in [-0.1, -0.05) is 13.8 Å². The Hall–Kier alpha value is 0.250. The van der Waals surface area contributed by atoms with Gasteiger partial charge in [0.15, 0.2) is 0 Å². The van der Waals surface area contributed by atoms with Gasteiger partial charge in [0.05, 0.1) is 5.41 Å². The zero-order chi connectivity index (χ0) is 8.86. The van der Waals surface area contributed by atoms with Crippen LogP contribution >= 0.6 is 23.2 Å². The van der Waals surface area contributed by atoms with E-state index in [4.69, 9.17) is 23.2 Å². The maximum absolute atomic E-state index is 11.2. The Bertz CT molecular complexity index is 200. The lowest BCUT2D eigenvalue weighted by molar-refractivity contribution is -0.122. The van der Waals surface area contributed by atoms with Crippen LogP contribution in [0.15, 0.2) is 0 Å². The van der Waals surface area contributed by atoms with Gasteiger partial charge < -0.3 is 0 Å². The molecule has 0 N–H and O–H groups in total. The number of rotatable bonds is 2. The van der Waals surface area contributed by atoms with Crippen molar-refractivity contribution >= 4 is 29.0 Å². The van der Waals surface area contributed by atoms with Crippen LogP contribution in [-0.2, 0) is 4.79 Å². The molecular weight excluding hydrogens is 183 g/mol. The average Bonchev–Trinajstić information content (AvgIpc) is 2.30. The minimum atomic E-state index is -0.812. The van der Waals surface area contributed by atoms with E-state index in [2.05, 4.69) is 0 Å². The van der Waals surface area contributed by atoms with Gasteiger partial charge >= 0.3 is 0 Å². The van der Waals surface area contributed by atoms with Gasteiger partial charge in [-0.3, -0.25) is 4.79 Å². The van der Waals surface area contributed by atoms with E-state index in [0.717, 1.165) is 6.42 Å². The quantitative estimate of drug-likeness (QED) is 0.619. The lowest BCUT2D eigenvalue weighted by Crippen LogP contribution is -2.18. The van der Waals surface area contributed by atoms with Crippen molar-refractivity contribution < 1.29 is 4.79 Å². The second-order valence-corrected chi connectivity index (χ2v) is 4.61. The highest BCUT2D eigenvalue weighted by molar-refractivity contribution is 6.53. The Kier molecular flexibility index (Phi) is 2.01. The summed E-state index contributed by atoms with van der Waals surface area (Å²) in [5, 5.41) is 0. The summed E-state index contributed by atoms with van der Waals surface area (Å²) in [5.41, 5.74) is -0.462. The van der Waals surface area contributed by atoms with Crippen LogP contribution < -0.4 is 0 Å². The van der Waals surface area contributed by atoms with Crippen molar-refractivity contribution in [3.8, 4) is 0 Å². The molecule has 0 saturated heterocycles. The first-order valence-electron chi connectivity index (χ1n) is 3.80. The summed E-state index contributed by atoms with van der Waals surface area (Å²) in [4.78, 5) is 11.2. The second-order valence-electron chi connectivity index (χ2n) is 3.23. The number of Topliss-reactive ketones (excluding diaryl/α,β-unsaturated/α-hetero) is 1. The molecule has 1 fully saturated rings. The van der Waals surface area contributed by atoms with Gasteiger partial charge in [-0.25, -0.2) is 0 Å². The van der Waals surface area contributed by atoms with Gasteiger partial charge in [0.1, 0.15) is 10.1 Å². The predicted molar refractivity (Wildman–Crippen MR) is 47.0 cm³/mol. The zero-order valence-corrected chi connectivity index (χ0v) is 8.46. The van der Waals surface area contributed by atoms with Crippen molar-refractivity contribution in [2.75, 3.05) is 0 Å². The second kappa shape index (κ2) is 2.37. The van der Waals surface area contributed by atoms with Crippen LogP contribution in [0, 0.1) is 11.3 Å². The molecule has 1 aliphatic rings. The molecule has 0 heterocycles. The Labute approximate surface area is 77.1 Å². The molecule has 64 valence electrons. The van der Waals surface area contributed by atoms with Gasteiger partial charge in [-0.2, -0.15) is 0 Å². The van der Waals surface area contributed by atoms with Gasteiger partial charge in [-0.15, -0.1) is 23.2 Å². The fourth-order valence-electron chi connectivity index (χ4n) is 1.97. The first-order chi connectivity index (χ1) is 4.91. The van der Waals surface area contributed by atoms with Crippen molar-refractivity contribution in [1.29, 1.82) is 0 Å². The van der Waals surface area contributed by atoms with Crippen molar-refractivity contribution in [1.82, 2.24) is 0 Å². The molecule has 0 aromatic heterocycles. The molecule has 1 rings (SSSR count). The molecule has 0 spiro atoms. The number of carbonyl (C=O) groups excluding carboxylic acids is 1. The molecule has 11 heavy (non-hydrogen) atoms. The third-order valence-corrected chi connectivity index (χ3v) is 4.31. The molecule has 0 aromatic rings. The van der Waals surface area contributed by atoms with Crippen LogP contribution in [-0.4, -0.2) is 10.1 Å². The molecule has 0 bridgehead atoms. The summed E-state index contributed by atoms with van der Waals surface area (Å²) < 4.78 is -0.812. The maximum Gasteiger partial charge on any atom is 0.139 e. The average molecular weight is 195 g/mol. The monoisotopic (exact) mass is 194 g/mol. The Morgan fingerprint density at radius 1 is 1.55 bits per heavy atom. The highest BCUT2D eigenvalue weighted by Crippen LogP contribution is 2.70. The summed E-state index contributed by atoms with van der Waals surface area (Å²) in [5.74, 6) is 0.207. The smallest absolute Gasteiger partial charge is 0.139 e. The first kappa shape index (κ1) is 9.34. The third kappa shape index (κ3) is 0.874. The standard InChI is InChI=1S/C8H12Cl2O/c1-4-7(6(3)11)5(2)8(7,9)10/h5H,4H2,1-3H3. The molecule has 0 amide bonds. The molecular formula is C8H12Cl2O. The maximum atomic E-state index is 11.2. The fourth-order valence-corrected chi connectivity index (χ4v) is 3.09. The normalized spacial score (nSPS) is 40.3. The largest absolute Gasteiger partial charge is 0.299 e. The van der Waals surface area contributed by atoms with Crippen molar-refractivity contribution in [3.05, 3.63) is 0 Å². The number of ketones is 1. The van der Waals surface area contributed by atoms with Crippen molar-refractivity contribution in [2.24, 2.45) is 11.3 Å². The highest BCUT2D eigenvalue weighted by Gasteiger charge is 2.75. The van der Waals surface area contributed by atoms with Crippen LogP contribution in [0.5, 0.6) is 0 Å². The molecule has 1 saturated carbocycles. The van der Waals surface area contributed by atoms with E-state index >= 15 is 0 Å². The number of hydrogen-bond acceptors (Lipinski definition) is 1. The summed E-state index contributed by atoms with van der Waals surface area (Å²) in [7, 11) is 0. The van der Waals surface area contributed by atoms with E-state index in [1.54, 1.807) is 6.92 Å². The number of hydrogen-bond donors (Lipinski definition) is 0. The van der Waals surface area contributed by atoms with Gasteiger partial charge in [0, 0.05) is 5.92 Å². The molecule has 1 aliphatic carbocycles. The van der Waals surface area contributed by atoms with E-state index in [1.165, 1.54) is 0 Å². The Balaban J connectivity index is 2.93. The zero-order valence-electron chi connectivity index (χ0n) is 6.95. The van der Waals surface area contributed by atoms with E-state index in [9.17, 15) is 4.79 Å². The van der Waals surface area contributed by atoms with E-state index in [0.29, 0.717) is 0 Å². The molecule has 3 heteroatoms. The summed E-state index contributed by atoms with van der Waals surface area (Å²) in [6.45, 7) is 5.43.